The van der Waals surface area contributed by atoms with Crippen molar-refractivity contribution in [3.05, 3.63) is 62.9 Å². The fraction of sp³-hybridized carbons (Fsp3) is 0.278. The summed E-state index contributed by atoms with van der Waals surface area (Å²) in [6.45, 7) is 2.94. The van der Waals surface area contributed by atoms with Crippen molar-refractivity contribution in [2.24, 2.45) is 0 Å². The van der Waals surface area contributed by atoms with E-state index in [2.05, 4.69) is 19.9 Å². The molecule has 3 aromatic heterocycles. The molecule has 1 amide bonds. The number of thiophene rings is 1. The zero-order chi connectivity index (χ0) is 18.1. The van der Waals surface area contributed by atoms with Gasteiger partial charge >= 0.3 is 0 Å². The molecular formula is C18H17N5O2S. The number of likely N-dealkylation sites (tertiary alicyclic amines) is 1. The number of nitrogens with one attached hydrogen (secondary N) is 1. The van der Waals surface area contributed by atoms with Gasteiger partial charge in [-0.1, -0.05) is 0 Å². The summed E-state index contributed by atoms with van der Waals surface area (Å²) in [5, 5.41) is 3.92. The van der Waals surface area contributed by atoms with Crippen molar-refractivity contribution < 1.29 is 4.79 Å². The highest BCUT2D eigenvalue weighted by atomic mass is 32.1. The molecule has 1 aliphatic rings. The lowest BCUT2D eigenvalue weighted by Gasteiger charge is -2.16. The van der Waals surface area contributed by atoms with E-state index < -0.39 is 0 Å². The van der Waals surface area contributed by atoms with E-state index in [9.17, 15) is 9.59 Å². The summed E-state index contributed by atoms with van der Waals surface area (Å²) in [4.78, 5) is 42.1. The Morgan fingerprint density at radius 3 is 2.96 bits per heavy atom. The van der Waals surface area contributed by atoms with E-state index in [0.717, 1.165) is 17.7 Å². The van der Waals surface area contributed by atoms with Crippen LogP contribution in [0.4, 0.5) is 0 Å². The van der Waals surface area contributed by atoms with Crippen LogP contribution in [-0.2, 0) is 0 Å². The fourth-order valence-corrected chi connectivity index (χ4v) is 3.71. The van der Waals surface area contributed by atoms with Crippen LogP contribution in [0, 0.1) is 6.92 Å². The first-order valence-electron chi connectivity index (χ1n) is 8.32. The molecule has 0 aromatic carbocycles. The van der Waals surface area contributed by atoms with Crippen molar-refractivity contribution in [1.29, 1.82) is 0 Å². The number of rotatable bonds is 3. The first kappa shape index (κ1) is 16.6. The van der Waals surface area contributed by atoms with Gasteiger partial charge in [-0.15, -0.1) is 0 Å². The molecule has 7 nitrogen and oxygen atoms in total. The van der Waals surface area contributed by atoms with Gasteiger partial charge in [-0.25, -0.2) is 9.97 Å². The zero-order valence-electron chi connectivity index (χ0n) is 14.2. The quantitative estimate of drug-likeness (QED) is 0.766. The minimum Gasteiger partial charge on any atom is -0.337 e. The van der Waals surface area contributed by atoms with Gasteiger partial charge in [0.05, 0.1) is 17.6 Å². The lowest BCUT2D eigenvalue weighted by atomic mass is 10.1. The van der Waals surface area contributed by atoms with E-state index in [1.165, 1.54) is 12.3 Å². The number of H-pyrrole nitrogens is 1. The Balaban J connectivity index is 1.54. The predicted octanol–water partition coefficient (Wildman–Crippen LogP) is 2.23. The first-order chi connectivity index (χ1) is 12.6. The van der Waals surface area contributed by atoms with E-state index >= 15 is 0 Å². The molecule has 1 fully saturated rings. The maximum atomic E-state index is 12.6. The van der Waals surface area contributed by atoms with Gasteiger partial charge in [0.1, 0.15) is 11.5 Å². The molecule has 8 heteroatoms. The van der Waals surface area contributed by atoms with Crippen LogP contribution < -0.4 is 5.56 Å². The summed E-state index contributed by atoms with van der Waals surface area (Å²) >= 11 is 1.56. The van der Waals surface area contributed by atoms with Gasteiger partial charge in [0.25, 0.3) is 11.5 Å². The molecule has 0 bridgehead atoms. The minimum atomic E-state index is -0.176. The summed E-state index contributed by atoms with van der Waals surface area (Å²) in [5.74, 6) is 0.490. The molecule has 4 heterocycles. The first-order valence-corrected chi connectivity index (χ1v) is 9.26. The van der Waals surface area contributed by atoms with Crippen molar-refractivity contribution in [1.82, 2.24) is 24.8 Å². The molecule has 0 spiro atoms. The highest BCUT2D eigenvalue weighted by Gasteiger charge is 2.30. The molecule has 1 aliphatic heterocycles. The average molecular weight is 367 g/mol. The van der Waals surface area contributed by atoms with Crippen molar-refractivity contribution in [3.63, 3.8) is 0 Å². The summed E-state index contributed by atoms with van der Waals surface area (Å²) in [6.07, 6.45) is 3.84. The third-order valence-electron chi connectivity index (χ3n) is 4.44. The number of carbonyl (C=O) groups excluding carboxylic acids is 1. The molecule has 3 aromatic rings. The number of aryl methyl sites for hydroxylation is 1. The van der Waals surface area contributed by atoms with Crippen molar-refractivity contribution in [2.45, 2.75) is 19.3 Å². The van der Waals surface area contributed by atoms with Gasteiger partial charge in [-0.3, -0.25) is 14.6 Å². The second-order valence-corrected chi connectivity index (χ2v) is 7.09. The number of amides is 1. The Morgan fingerprint density at radius 2 is 2.23 bits per heavy atom. The van der Waals surface area contributed by atoms with Crippen LogP contribution in [0.25, 0.3) is 11.3 Å². The number of hydrogen-bond donors (Lipinski definition) is 1. The van der Waals surface area contributed by atoms with Crippen molar-refractivity contribution in [3.8, 4) is 11.3 Å². The highest BCUT2D eigenvalue weighted by molar-refractivity contribution is 7.08. The SMILES string of the molecule is Cc1cnc(C(=O)N2CCC(c3nc(-c4ccsc4)cc(=O)[nH]3)C2)cn1. The van der Waals surface area contributed by atoms with Crippen LogP contribution >= 0.6 is 11.3 Å². The second-order valence-electron chi connectivity index (χ2n) is 6.31. The van der Waals surface area contributed by atoms with E-state index in [1.807, 2.05) is 23.8 Å². The Kier molecular flexibility index (Phi) is 4.34. The Morgan fingerprint density at radius 1 is 1.35 bits per heavy atom. The molecule has 1 unspecified atom stereocenters. The summed E-state index contributed by atoms with van der Waals surface area (Å²) in [5.41, 5.74) is 2.53. The Bertz CT molecular complexity index is 982. The van der Waals surface area contributed by atoms with Gasteiger partial charge < -0.3 is 9.88 Å². The van der Waals surface area contributed by atoms with E-state index in [-0.39, 0.29) is 17.4 Å². The van der Waals surface area contributed by atoms with E-state index in [1.54, 1.807) is 22.4 Å². The standard InChI is InChI=1S/C18H17N5O2S/c1-11-7-20-15(8-19-11)18(25)23-4-2-12(9-23)17-21-14(6-16(24)22-17)13-3-5-26-10-13/h3,5-8,10,12H,2,4,9H2,1H3,(H,21,22,24). The number of carbonyl (C=O) groups is 1. The van der Waals surface area contributed by atoms with Gasteiger partial charge in [-0.05, 0) is 24.8 Å². The molecule has 26 heavy (non-hydrogen) atoms. The van der Waals surface area contributed by atoms with Crippen LogP contribution in [0.3, 0.4) is 0 Å². The molecule has 1 atom stereocenters. The lowest BCUT2D eigenvalue weighted by Crippen LogP contribution is -2.29. The zero-order valence-corrected chi connectivity index (χ0v) is 15.0. The molecule has 0 saturated carbocycles. The van der Waals surface area contributed by atoms with Crippen molar-refractivity contribution in [2.75, 3.05) is 13.1 Å². The van der Waals surface area contributed by atoms with Crippen molar-refractivity contribution >= 4 is 17.2 Å². The molecule has 0 radical (unpaired) electrons. The number of aromatic amines is 1. The largest absolute Gasteiger partial charge is 0.337 e. The second kappa shape index (κ2) is 6.80. The molecule has 0 aliphatic carbocycles. The van der Waals surface area contributed by atoms with Gasteiger partial charge in [0, 0.05) is 42.2 Å². The van der Waals surface area contributed by atoms with E-state index in [4.69, 9.17) is 0 Å². The van der Waals surface area contributed by atoms with Gasteiger partial charge in [0.15, 0.2) is 0 Å². The Hall–Kier alpha value is -2.87. The van der Waals surface area contributed by atoms with Crippen LogP contribution in [-0.4, -0.2) is 43.8 Å². The number of hydrogen-bond acceptors (Lipinski definition) is 6. The van der Waals surface area contributed by atoms with Crippen LogP contribution in [0.15, 0.2) is 40.1 Å². The minimum absolute atomic E-state index is 0.00337. The normalized spacial score (nSPS) is 16.8. The monoisotopic (exact) mass is 367 g/mol. The maximum Gasteiger partial charge on any atom is 0.274 e. The molecule has 4 rings (SSSR count). The maximum absolute atomic E-state index is 12.6. The van der Waals surface area contributed by atoms with Gasteiger partial charge in [0.2, 0.25) is 0 Å². The predicted molar refractivity (Wildman–Crippen MR) is 98.2 cm³/mol. The highest BCUT2D eigenvalue weighted by Crippen LogP contribution is 2.27. The number of aromatic nitrogens is 4. The molecule has 1 N–H and O–H groups in total. The third kappa shape index (κ3) is 3.28. The summed E-state index contributed by atoms with van der Waals surface area (Å²) < 4.78 is 0. The number of nitrogens with zero attached hydrogens (tertiary/aromatic N) is 4. The molecular weight excluding hydrogens is 350 g/mol. The van der Waals surface area contributed by atoms with Crippen LogP contribution in [0.5, 0.6) is 0 Å². The summed E-state index contributed by atoms with van der Waals surface area (Å²) in [7, 11) is 0. The smallest absolute Gasteiger partial charge is 0.274 e. The Labute approximate surface area is 153 Å². The van der Waals surface area contributed by atoms with Crippen LogP contribution in [0.2, 0.25) is 0 Å². The van der Waals surface area contributed by atoms with Crippen LogP contribution in [0.1, 0.15) is 34.3 Å². The molecule has 132 valence electrons. The fourth-order valence-electron chi connectivity index (χ4n) is 3.06. The molecule has 1 saturated heterocycles. The lowest BCUT2D eigenvalue weighted by molar-refractivity contribution is 0.0784. The average Bonchev–Trinajstić information content (AvgIpc) is 3.33. The summed E-state index contributed by atoms with van der Waals surface area (Å²) in [6, 6.07) is 3.45. The third-order valence-corrected chi connectivity index (χ3v) is 5.12. The van der Waals surface area contributed by atoms with Gasteiger partial charge in [-0.2, -0.15) is 11.3 Å². The topological polar surface area (TPSA) is 91.8 Å². The van der Waals surface area contributed by atoms with E-state index in [0.29, 0.717) is 30.3 Å².